The van der Waals surface area contributed by atoms with Gasteiger partial charge in [0.25, 0.3) is 0 Å². The van der Waals surface area contributed by atoms with Gasteiger partial charge in [0.2, 0.25) is 0 Å². The maximum atomic E-state index is 2.54. The van der Waals surface area contributed by atoms with Crippen LogP contribution >= 0.6 is 0 Å². The van der Waals surface area contributed by atoms with E-state index in [1.54, 1.807) is 0 Å². The third-order valence-electron chi connectivity index (χ3n) is 3.82. The quantitative estimate of drug-likeness (QED) is 0.568. The van der Waals surface area contributed by atoms with E-state index in [9.17, 15) is 0 Å². The van der Waals surface area contributed by atoms with Gasteiger partial charge in [0.1, 0.15) is 0 Å². The molecular formula is C15H39ClN2. The molecule has 0 saturated carbocycles. The Balaban J connectivity index is -0.000000327. The summed E-state index contributed by atoms with van der Waals surface area (Å²) in [6.07, 6.45) is 1.31. The molecule has 0 atom stereocenters. The van der Waals surface area contributed by atoms with Gasteiger partial charge in [0.15, 0.2) is 0 Å². The summed E-state index contributed by atoms with van der Waals surface area (Å²) in [4.78, 5) is 2.54. The van der Waals surface area contributed by atoms with Gasteiger partial charge in [-0.05, 0) is 33.4 Å². The summed E-state index contributed by atoms with van der Waals surface area (Å²) >= 11 is 0. The summed E-state index contributed by atoms with van der Waals surface area (Å²) in [7, 11) is 0. The zero-order chi connectivity index (χ0) is 11.7. The zero-order valence-electron chi connectivity index (χ0n) is 11.9. The van der Waals surface area contributed by atoms with Crippen LogP contribution in [0.4, 0.5) is 0 Å². The fourth-order valence-electron chi connectivity index (χ4n) is 2.34. The predicted molar refractivity (Wildman–Crippen MR) is 82.6 cm³/mol. The van der Waals surface area contributed by atoms with Crippen molar-refractivity contribution in [1.29, 1.82) is 0 Å². The van der Waals surface area contributed by atoms with Crippen molar-refractivity contribution in [3.63, 3.8) is 0 Å². The molecule has 0 aromatic heterocycles. The summed E-state index contributed by atoms with van der Waals surface area (Å²) in [5, 5.41) is 0. The van der Waals surface area contributed by atoms with Crippen molar-refractivity contribution < 1.29 is 16.9 Å². The Morgan fingerprint density at radius 3 is 1.50 bits per heavy atom. The largest absolute Gasteiger partial charge is 1.00 e. The maximum Gasteiger partial charge on any atom is 0.0915 e. The third kappa shape index (κ3) is 9.18. The van der Waals surface area contributed by atoms with Gasteiger partial charge in [0, 0.05) is 6.54 Å². The van der Waals surface area contributed by atoms with Crippen LogP contribution in [0, 0.1) is 0 Å². The lowest BCUT2D eigenvalue weighted by atomic mass is 10.2. The van der Waals surface area contributed by atoms with Gasteiger partial charge < -0.3 is 16.9 Å². The molecule has 3 heteroatoms. The predicted octanol–water partition coefficient (Wildman–Crippen LogP) is 0.871. The second kappa shape index (κ2) is 15.3. The van der Waals surface area contributed by atoms with Crippen molar-refractivity contribution >= 4 is 0 Å². The van der Waals surface area contributed by atoms with E-state index < -0.39 is 0 Å². The third-order valence-corrected chi connectivity index (χ3v) is 3.82. The van der Waals surface area contributed by atoms with E-state index in [0.717, 1.165) is 0 Å². The fraction of sp³-hybridized carbons (Fsp3) is 1.00. The van der Waals surface area contributed by atoms with Crippen LogP contribution in [0.15, 0.2) is 0 Å². The van der Waals surface area contributed by atoms with E-state index >= 15 is 0 Å². The van der Waals surface area contributed by atoms with Crippen molar-refractivity contribution in [2.45, 2.75) is 55.9 Å². The Bertz CT molecular complexity index is 143. The van der Waals surface area contributed by atoms with Crippen LogP contribution in [0.5, 0.6) is 0 Å². The van der Waals surface area contributed by atoms with Crippen LogP contribution in [-0.2, 0) is 0 Å². The van der Waals surface area contributed by atoms with Crippen molar-refractivity contribution in [2.24, 2.45) is 0 Å². The summed E-state index contributed by atoms with van der Waals surface area (Å²) in [6, 6.07) is 0. The Morgan fingerprint density at radius 2 is 1.22 bits per heavy atom. The molecule has 0 unspecified atom stereocenters. The number of hydrogen-bond acceptors (Lipinski definition) is 1. The molecule has 0 N–H and O–H groups in total. The maximum absolute atomic E-state index is 2.54. The minimum Gasteiger partial charge on any atom is -1.00 e. The molecule has 2 nitrogen and oxygen atoms in total. The average Bonchev–Trinajstić information content (AvgIpc) is 2.29. The number of quaternary nitrogens is 1. The van der Waals surface area contributed by atoms with Gasteiger partial charge in [-0.2, -0.15) is 0 Å². The van der Waals surface area contributed by atoms with Gasteiger partial charge in [-0.25, -0.2) is 0 Å². The molecule has 0 amide bonds. The smallest absolute Gasteiger partial charge is 0.0915 e. The highest BCUT2D eigenvalue weighted by Crippen LogP contribution is 2.08. The normalized spacial score (nSPS) is 10.3. The standard InChI is InChI=1S/C13H31N2.2CH4.ClH/c1-6-12-15(9-4,10-5)13-11-14(7-2)8-3;;;/h6-13H2,1-5H3;2*1H4;1H/q+1;;;/p-1. The van der Waals surface area contributed by atoms with Crippen LogP contribution in [0.25, 0.3) is 0 Å². The van der Waals surface area contributed by atoms with Crippen LogP contribution in [0.2, 0.25) is 0 Å². The fourth-order valence-corrected chi connectivity index (χ4v) is 2.34. The Morgan fingerprint density at radius 1 is 0.778 bits per heavy atom. The van der Waals surface area contributed by atoms with Crippen molar-refractivity contribution in [2.75, 3.05) is 45.8 Å². The number of hydrogen-bond donors (Lipinski definition) is 0. The average molecular weight is 283 g/mol. The zero-order valence-corrected chi connectivity index (χ0v) is 12.7. The SMILES string of the molecule is C.C.CCC[N+](CC)(CC)CCN(CC)CC.[Cl-]. The highest BCUT2D eigenvalue weighted by molar-refractivity contribution is 4.52. The molecule has 0 saturated heterocycles. The molecular weight excluding hydrogens is 244 g/mol. The first kappa shape index (κ1) is 26.7. The van der Waals surface area contributed by atoms with Crippen LogP contribution in [0.1, 0.15) is 55.9 Å². The second-order valence-electron chi connectivity index (χ2n) is 4.45. The van der Waals surface area contributed by atoms with E-state index in [4.69, 9.17) is 0 Å². The molecule has 0 aromatic carbocycles. The number of rotatable bonds is 9. The van der Waals surface area contributed by atoms with E-state index in [1.807, 2.05) is 0 Å². The Kier molecular flexibility index (Phi) is 22.7. The molecule has 0 aromatic rings. The number of halogens is 1. The number of likely N-dealkylation sites (N-methyl/N-ethyl adjacent to an activating group) is 2. The molecule has 0 fully saturated rings. The molecule has 0 bridgehead atoms. The topological polar surface area (TPSA) is 3.24 Å². The monoisotopic (exact) mass is 282 g/mol. The molecule has 0 aliphatic carbocycles. The van der Waals surface area contributed by atoms with Crippen molar-refractivity contribution in [3.8, 4) is 0 Å². The van der Waals surface area contributed by atoms with Crippen LogP contribution in [0.3, 0.4) is 0 Å². The first-order valence-electron chi connectivity index (χ1n) is 6.75. The minimum atomic E-state index is 0. The second-order valence-corrected chi connectivity index (χ2v) is 4.45. The summed E-state index contributed by atoms with van der Waals surface area (Å²) < 4.78 is 1.30. The first-order chi connectivity index (χ1) is 7.17. The van der Waals surface area contributed by atoms with Crippen LogP contribution in [-0.4, -0.2) is 55.2 Å². The molecule has 0 heterocycles. The molecule has 0 radical (unpaired) electrons. The lowest BCUT2D eigenvalue weighted by molar-refractivity contribution is -0.924. The van der Waals surface area contributed by atoms with Gasteiger partial charge in [-0.3, -0.25) is 4.90 Å². The molecule has 18 heavy (non-hydrogen) atoms. The van der Waals surface area contributed by atoms with Crippen molar-refractivity contribution in [3.05, 3.63) is 0 Å². The van der Waals surface area contributed by atoms with Gasteiger partial charge in [-0.15, -0.1) is 0 Å². The van der Waals surface area contributed by atoms with Gasteiger partial charge in [0.05, 0.1) is 26.2 Å². The van der Waals surface area contributed by atoms with Gasteiger partial charge in [-0.1, -0.05) is 35.6 Å². The van der Waals surface area contributed by atoms with E-state index in [2.05, 4.69) is 39.5 Å². The summed E-state index contributed by atoms with van der Waals surface area (Å²) in [6.45, 7) is 20.4. The van der Waals surface area contributed by atoms with Crippen LogP contribution < -0.4 is 12.4 Å². The summed E-state index contributed by atoms with van der Waals surface area (Å²) in [5.74, 6) is 0. The van der Waals surface area contributed by atoms with E-state index in [1.165, 1.54) is 56.7 Å². The lowest BCUT2D eigenvalue weighted by Crippen LogP contribution is -3.00. The number of nitrogens with zero attached hydrogens (tertiary/aromatic N) is 2. The highest BCUT2D eigenvalue weighted by Gasteiger charge is 2.22. The molecule has 0 rings (SSSR count). The first-order valence-corrected chi connectivity index (χ1v) is 6.75. The van der Waals surface area contributed by atoms with E-state index in [-0.39, 0.29) is 27.3 Å². The van der Waals surface area contributed by atoms with E-state index in [0.29, 0.717) is 0 Å². The Hall–Kier alpha value is 0.210. The molecule has 116 valence electrons. The Labute approximate surface area is 124 Å². The minimum absolute atomic E-state index is 0. The molecule has 0 aliphatic heterocycles. The molecule has 0 aliphatic rings. The van der Waals surface area contributed by atoms with Gasteiger partial charge >= 0.3 is 0 Å². The summed E-state index contributed by atoms with van der Waals surface area (Å²) in [5.41, 5.74) is 0. The van der Waals surface area contributed by atoms with Crippen molar-refractivity contribution in [1.82, 2.24) is 4.90 Å². The highest BCUT2D eigenvalue weighted by atomic mass is 35.5. The lowest BCUT2D eigenvalue weighted by Gasteiger charge is -2.38. The molecule has 0 spiro atoms.